The first-order valence-corrected chi connectivity index (χ1v) is 13.0. The number of methoxy groups -OCH3 is 1. The van der Waals surface area contributed by atoms with Crippen molar-refractivity contribution < 1.29 is 4.74 Å². The number of piperazine rings is 1. The van der Waals surface area contributed by atoms with Gasteiger partial charge in [0.25, 0.3) is 0 Å². The standard InChI is InChI=1S/C29H41N3O/c1-22(2)26-6-4-5-7-27(26)28-21-31(20-23-8-10-25(33-3)11-9-23)16-17-32(28)24-18-29(19-24)12-14-30-15-13-29/h4-11,22,24,28,30H,12-21H2,1-3H3. The van der Waals surface area contributed by atoms with E-state index in [1.165, 1.54) is 56.4 Å². The van der Waals surface area contributed by atoms with Crippen LogP contribution in [0.5, 0.6) is 5.75 Å². The van der Waals surface area contributed by atoms with E-state index < -0.39 is 0 Å². The summed E-state index contributed by atoms with van der Waals surface area (Å²) in [5, 5.41) is 3.57. The van der Waals surface area contributed by atoms with Crippen LogP contribution < -0.4 is 10.1 Å². The second kappa shape index (κ2) is 9.77. The smallest absolute Gasteiger partial charge is 0.118 e. The molecular weight excluding hydrogens is 406 g/mol. The maximum absolute atomic E-state index is 5.35. The molecule has 1 spiro atoms. The molecule has 0 bridgehead atoms. The highest BCUT2D eigenvalue weighted by molar-refractivity contribution is 5.34. The Morgan fingerprint density at radius 2 is 1.73 bits per heavy atom. The van der Waals surface area contributed by atoms with E-state index in [4.69, 9.17) is 4.74 Å². The van der Waals surface area contributed by atoms with Crippen LogP contribution in [-0.2, 0) is 6.54 Å². The topological polar surface area (TPSA) is 27.7 Å². The van der Waals surface area contributed by atoms with Gasteiger partial charge in [-0.25, -0.2) is 0 Å². The Bertz CT molecular complexity index is 911. The number of ether oxygens (including phenoxy) is 1. The van der Waals surface area contributed by atoms with Gasteiger partial charge in [-0.05, 0) is 78.9 Å². The fourth-order valence-electron chi connectivity index (χ4n) is 6.58. The lowest BCUT2D eigenvalue weighted by Gasteiger charge is -2.57. The van der Waals surface area contributed by atoms with Crippen LogP contribution in [0.3, 0.4) is 0 Å². The second-order valence-electron chi connectivity index (χ2n) is 10.9. The van der Waals surface area contributed by atoms with Crippen LogP contribution in [0.4, 0.5) is 0 Å². The summed E-state index contributed by atoms with van der Waals surface area (Å²) in [6.07, 6.45) is 5.53. The molecule has 3 fully saturated rings. The predicted molar refractivity (Wildman–Crippen MR) is 136 cm³/mol. The van der Waals surface area contributed by atoms with Crippen molar-refractivity contribution in [1.29, 1.82) is 0 Å². The average Bonchev–Trinajstić information content (AvgIpc) is 2.83. The number of hydrogen-bond acceptors (Lipinski definition) is 4. The molecule has 2 heterocycles. The second-order valence-corrected chi connectivity index (χ2v) is 10.9. The number of hydrogen-bond donors (Lipinski definition) is 1. The van der Waals surface area contributed by atoms with Crippen molar-refractivity contribution in [3.8, 4) is 5.75 Å². The zero-order valence-corrected chi connectivity index (χ0v) is 20.7. The molecule has 3 aliphatic rings. The number of rotatable bonds is 6. The van der Waals surface area contributed by atoms with E-state index in [0.717, 1.165) is 31.4 Å². The van der Waals surface area contributed by atoms with Crippen molar-refractivity contribution in [2.45, 2.75) is 64.1 Å². The van der Waals surface area contributed by atoms with Crippen molar-refractivity contribution in [2.75, 3.05) is 39.8 Å². The monoisotopic (exact) mass is 447 g/mol. The van der Waals surface area contributed by atoms with Gasteiger partial charge in [0.2, 0.25) is 0 Å². The minimum Gasteiger partial charge on any atom is -0.497 e. The Morgan fingerprint density at radius 3 is 2.42 bits per heavy atom. The summed E-state index contributed by atoms with van der Waals surface area (Å²) in [5.74, 6) is 1.49. The molecule has 178 valence electrons. The maximum Gasteiger partial charge on any atom is 0.118 e. The number of benzene rings is 2. The molecule has 1 aliphatic carbocycles. The lowest BCUT2D eigenvalue weighted by molar-refractivity contribution is -0.0650. The first-order chi connectivity index (χ1) is 16.1. The van der Waals surface area contributed by atoms with E-state index in [2.05, 4.69) is 77.5 Å². The fourth-order valence-corrected chi connectivity index (χ4v) is 6.58. The van der Waals surface area contributed by atoms with Crippen molar-refractivity contribution in [2.24, 2.45) is 5.41 Å². The van der Waals surface area contributed by atoms with Crippen molar-refractivity contribution in [1.82, 2.24) is 15.1 Å². The van der Waals surface area contributed by atoms with Gasteiger partial charge in [-0.1, -0.05) is 50.2 Å². The minimum atomic E-state index is 0.486. The molecule has 2 aromatic carbocycles. The SMILES string of the molecule is COc1ccc(CN2CCN(C3CC4(CCNCC4)C3)C(c3ccccc3C(C)C)C2)cc1. The Kier molecular flexibility index (Phi) is 6.78. The van der Waals surface area contributed by atoms with Crippen molar-refractivity contribution >= 4 is 0 Å². The molecule has 4 nitrogen and oxygen atoms in total. The average molecular weight is 448 g/mol. The van der Waals surface area contributed by atoms with Gasteiger partial charge in [-0.15, -0.1) is 0 Å². The van der Waals surface area contributed by atoms with Crippen LogP contribution in [0.2, 0.25) is 0 Å². The van der Waals surface area contributed by atoms with Gasteiger partial charge in [-0.2, -0.15) is 0 Å². The highest BCUT2D eigenvalue weighted by Gasteiger charge is 2.49. The van der Waals surface area contributed by atoms with E-state index in [9.17, 15) is 0 Å². The molecule has 1 N–H and O–H groups in total. The first-order valence-electron chi connectivity index (χ1n) is 13.0. The molecule has 2 saturated heterocycles. The Morgan fingerprint density at radius 1 is 1.00 bits per heavy atom. The van der Waals surface area contributed by atoms with E-state index in [-0.39, 0.29) is 0 Å². The maximum atomic E-state index is 5.35. The Hall–Kier alpha value is -1.88. The molecule has 2 aliphatic heterocycles. The van der Waals surface area contributed by atoms with Gasteiger partial charge in [-0.3, -0.25) is 9.80 Å². The minimum absolute atomic E-state index is 0.486. The van der Waals surface area contributed by atoms with Crippen LogP contribution in [0.15, 0.2) is 48.5 Å². The number of nitrogens with zero attached hydrogens (tertiary/aromatic N) is 2. The van der Waals surface area contributed by atoms with Gasteiger partial charge in [0.1, 0.15) is 5.75 Å². The van der Waals surface area contributed by atoms with Crippen LogP contribution in [0, 0.1) is 5.41 Å². The summed E-state index contributed by atoms with van der Waals surface area (Å²) < 4.78 is 5.35. The van der Waals surface area contributed by atoms with E-state index in [1.54, 1.807) is 12.7 Å². The molecule has 2 aromatic rings. The van der Waals surface area contributed by atoms with Crippen molar-refractivity contribution in [3.63, 3.8) is 0 Å². The van der Waals surface area contributed by atoms with Gasteiger partial charge < -0.3 is 10.1 Å². The summed E-state index contributed by atoms with van der Waals surface area (Å²) in [4.78, 5) is 5.55. The molecular formula is C29H41N3O. The summed E-state index contributed by atoms with van der Waals surface area (Å²) in [6.45, 7) is 11.6. The molecule has 0 amide bonds. The largest absolute Gasteiger partial charge is 0.497 e. The van der Waals surface area contributed by atoms with Gasteiger partial charge in [0, 0.05) is 38.3 Å². The lowest BCUT2D eigenvalue weighted by atomic mass is 9.60. The van der Waals surface area contributed by atoms with Crippen molar-refractivity contribution in [3.05, 3.63) is 65.2 Å². The van der Waals surface area contributed by atoms with Crippen LogP contribution in [0.25, 0.3) is 0 Å². The normalized spacial score (nSPS) is 24.2. The molecule has 1 atom stereocenters. The van der Waals surface area contributed by atoms with Gasteiger partial charge in [0.05, 0.1) is 7.11 Å². The highest BCUT2D eigenvalue weighted by Crippen LogP contribution is 2.52. The predicted octanol–water partition coefficient (Wildman–Crippen LogP) is 5.21. The molecule has 1 unspecified atom stereocenters. The van der Waals surface area contributed by atoms with Crippen LogP contribution >= 0.6 is 0 Å². The van der Waals surface area contributed by atoms with Crippen LogP contribution in [-0.4, -0.2) is 55.7 Å². The third-order valence-corrected chi connectivity index (χ3v) is 8.52. The zero-order valence-electron chi connectivity index (χ0n) is 20.7. The fraction of sp³-hybridized carbons (Fsp3) is 0.586. The molecule has 0 aromatic heterocycles. The van der Waals surface area contributed by atoms with Crippen LogP contribution in [0.1, 0.15) is 68.2 Å². The first kappa shape index (κ1) is 22.9. The van der Waals surface area contributed by atoms with Gasteiger partial charge in [0.15, 0.2) is 0 Å². The van der Waals surface area contributed by atoms with E-state index >= 15 is 0 Å². The third kappa shape index (κ3) is 4.84. The Balaban J connectivity index is 1.35. The Labute approximate surface area is 200 Å². The zero-order chi connectivity index (χ0) is 22.8. The molecule has 1 saturated carbocycles. The third-order valence-electron chi connectivity index (χ3n) is 8.52. The van der Waals surface area contributed by atoms with Gasteiger partial charge >= 0.3 is 0 Å². The summed E-state index contributed by atoms with van der Waals surface area (Å²) >= 11 is 0. The summed E-state index contributed by atoms with van der Waals surface area (Å²) in [5.41, 5.74) is 5.07. The van der Waals surface area contributed by atoms with E-state index in [0.29, 0.717) is 17.4 Å². The lowest BCUT2D eigenvalue weighted by Crippen LogP contribution is -2.59. The molecule has 4 heteroatoms. The van der Waals surface area contributed by atoms with E-state index in [1.807, 2.05) is 0 Å². The highest BCUT2D eigenvalue weighted by atomic mass is 16.5. The summed E-state index contributed by atoms with van der Waals surface area (Å²) in [7, 11) is 1.74. The molecule has 33 heavy (non-hydrogen) atoms. The molecule has 5 rings (SSSR count). The molecule has 0 radical (unpaired) electrons. The quantitative estimate of drug-likeness (QED) is 0.658. The summed E-state index contributed by atoms with van der Waals surface area (Å²) in [6, 6.07) is 19.1. The number of piperidine rings is 1. The number of nitrogens with one attached hydrogen (secondary N) is 1.